The van der Waals surface area contributed by atoms with Crippen molar-refractivity contribution in [1.82, 2.24) is 5.32 Å². The zero-order valence-electron chi connectivity index (χ0n) is 10.9. The summed E-state index contributed by atoms with van der Waals surface area (Å²) in [5.41, 5.74) is 6.54. The second-order valence-corrected chi connectivity index (χ2v) is 5.16. The van der Waals surface area contributed by atoms with E-state index in [2.05, 4.69) is 5.32 Å². The van der Waals surface area contributed by atoms with Gasteiger partial charge in [0.05, 0.1) is 6.04 Å². The number of rotatable bonds is 6. The van der Waals surface area contributed by atoms with E-state index in [0.717, 1.165) is 12.0 Å². The molecule has 1 aromatic rings. The minimum absolute atomic E-state index is 0.0237. The van der Waals surface area contributed by atoms with E-state index in [-0.39, 0.29) is 11.9 Å². The lowest BCUT2D eigenvalue weighted by Crippen LogP contribution is -2.27. The van der Waals surface area contributed by atoms with E-state index >= 15 is 0 Å². The normalized spacial score (nSPS) is 14.0. The number of nitrogens with one attached hydrogen (secondary N) is 1. The minimum atomic E-state index is -0.0237. The summed E-state index contributed by atoms with van der Waals surface area (Å²) in [4.78, 5) is 11.7. The molecule has 0 radical (unpaired) electrons. The molecule has 0 heterocycles. The molecule has 100 valence electrons. The van der Waals surface area contributed by atoms with Crippen LogP contribution in [0.5, 0.6) is 0 Å². The summed E-state index contributed by atoms with van der Waals surface area (Å²) in [5.74, 6) is 0.444. The Hall–Kier alpha value is -1.06. The summed E-state index contributed by atoms with van der Waals surface area (Å²) >= 11 is 5.92. The number of benzene rings is 1. The van der Waals surface area contributed by atoms with Gasteiger partial charge in [0.25, 0.3) is 0 Å². The standard InChI is InChI=1S/C14H21ClN2O/c1-10(9-16)6-7-14(18)17-11(2)12-4-3-5-13(15)8-12/h3-5,8,10-11H,6-7,9,16H2,1-2H3,(H,17,18)/t10?,11-/m1/s1. The molecule has 1 rings (SSSR count). The molecule has 3 N–H and O–H groups in total. The van der Waals surface area contributed by atoms with Crippen LogP contribution in [0.4, 0.5) is 0 Å². The molecule has 1 amide bonds. The maximum atomic E-state index is 11.7. The van der Waals surface area contributed by atoms with E-state index < -0.39 is 0 Å². The number of hydrogen-bond donors (Lipinski definition) is 2. The Morgan fingerprint density at radius 2 is 2.17 bits per heavy atom. The van der Waals surface area contributed by atoms with E-state index in [9.17, 15) is 4.79 Å². The van der Waals surface area contributed by atoms with Crippen LogP contribution in [0.25, 0.3) is 0 Å². The number of carbonyl (C=O) groups is 1. The van der Waals surface area contributed by atoms with Gasteiger partial charge in [0.1, 0.15) is 0 Å². The molecule has 0 aliphatic rings. The van der Waals surface area contributed by atoms with E-state index in [1.165, 1.54) is 0 Å². The Bertz CT molecular complexity index is 395. The van der Waals surface area contributed by atoms with Crippen molar-refractivity contribution in [2.45, 2.75) is 32.7 Å². The topological polar surface area (TPSA) is 55.1 Å². The lowest BCUT2D eigenvalue weighted by atomic mass is 10.0. The first-order chi connectivity index (χ1) is 8.52. The third kappa shape index (κ3) is 5.07. The quantitative estimate of drug-likeness (QED) is 0.834. The highest BCUT2D eigenvalue weighted by atomic mass is 35.5. The third-order valence-corrected chi connectivity index (χ3v) is 3.23. The molecule has 0 aromatic heterocycles. The first-order valence-corrected chi connectivity index (χ1v) is 6.65. The molecular weight excluding hydrogens is 248 g/mol. The number of hydrogen-bond acceptors (Lipinski definition) is 2. The van der Waals surface area contributed by atoms with E-state index in [4.69, 9.17) is 17.3 Å². The molecule has 0 fully saturated rings. The molecule has 1 unspecified atom stereocenters. The smallest absolute Gasteiger partial charge is 0.220 e. The predicted octanol–water partition coefficient (Wildman–Crippen LogP) is 2.89. The average molecular weight is 269 g/mol. The van der Waals surface area contributed by atoms with Crippen LogP contribution in [0.2, 0.25) is 5.02 Å². The molecule has 1 aromatic carbocycles. The van der Waals surface area contributed by atoms with Crippen LogP contribution in [-0.2, 0) is 4.79 Å². The van der Waals surface area contributed by atoms with Crippen LogP contribution >= 0.6 is 11.6 Å². The number of carbonyl (C=O) groups excluding carboxylic acids is 1. The van der Waals surface area contributed by atoms with Crippen molar-refractivity contribution in [1.29, 1.82) is 0 Å². The third-order valence-electron chi connectivity index (χ3n) is 2.99. The Morgan fingerprint density at radius 3 is 2.78 bits per heavy atom. The van der Waals surface area contributed by atoms with Crippen LogP contribution in [0.3, 0.4) is 0 Å². The van der Waals surface area contributed by atoms with Gasteiger partial charge < -0.3 is 11.1 Å². The fourth-order valence-electron chi connectivity index (χ4n) is 1.67. The van der Waals surface area contributed by atoms with Gasteiger partial charge in [-0.05, 0) is 43.5 Å². The molecule has 0 aliphatic heterocycles. The summed E-state index contributed by atoms with van der Waals surface area (Å²) in [6.45, 7) is 4.63. The van der Waals surface area contributed by atoms with Crippen molar-refractivity contribution in [3.05, 3.63) is 34.9 Å². The van der Waals surface area contributed by atoms with Gasteiger partial charge in [-0.1, -0.05) is 30.7 Å². The van der Waals surface area contributed by atoms with Gasteiger partial charge in [0, 0.05) is 11.4 Å². The van der Waals surface area contributed by atoms with Crippen molar-refractivity contribution in [3.8, 4) is 0 Å². The van der Waals surface area contributed by atoms with Gasteiger partial charge in [-0.15, -0.1) is 0 Å². The fraction of sp³-hybridized carbons (Fsp3) is 0.500. The van der Waals surface area contributed by atoms with Crippen molar-refractivity contribution >= 4 is 17.5 Å². The number of nitrogens with two attached hydrogens (primary N) is 1. The summed E-state index contributed by atoms with van der Waals surface area (Å²) in [6, 6.07) is 7.51. The minimum Gasteiger partial charge on any atom is -0.350 e. The van der Waals surface area contributed by atoms with Crippen LogP contribution < -0.4 is 11.1 Å². The van der Waals surface area contributed by atoms with Crippen LogP contribution in [-0.4, -0.2) is 12.5 Å². The van der Waals surface area contributed by atoms with Gasteiger partial charge in [-0.25, -0.2) is 0 Å². The fourth-order valence-corrected chi connectivity index (χ4v) is 1.87. The number of halogens is 1. The van der Waals surface area contributed by atoms with E-state index in [1.807, 2.05) is 38.1 Å². The second-order valence-electron chi connectivity index (χ2n) is 4.72. The lowest BCUT2D eigenvalue weighted by molar-refractivity contribution is -0.122. The molecule has 18 heavy (non-hydrogen) atoms. The monoisotopic (exact) mass is 268 g/mol. The van der Waals surface area contributed by atoms with Gasteiger partial charge in [-0.3, -0.25) is 4.79 Å². The zero-order valence-corrected chi connectivity index (χ0v) is 11.7. The van der Waals surface area contributed by atoms with E-state index in [1.54, 1.807) is 0 Å². The summed E-state index contributed by atoms with van der Waals surface area (Å²) < 4.78 is 0. The van der Waals surface area contributed by atoms with Gasteiger partial charge in [-0.2, -0.15) is 0 Å². The maximum absolute atomic E-state index is 11.7. The van der Waals surface area contributed by atoms with Gasteiger partial charge >= 0.3 is 0 Å². The van der Waals surface area contributed by atoms with Crippen molar-refractivity contribution in [2.24, 2.45) is 11.7 Å². The Labute approximate surface area is 114 Å². The van der Waals surface area contributed by atoms with Crippen LogP contribution in [0.15, 0.2) is 24.3 Å². The number of amides is 1. The average Bonchev–Trinajstić information content (AvgIpc) is 2.35. The second kappa shape index (κ2) is 7.39. The Morgan fingerprint density at radius 1 is 1.44 bits per heavy atom. The molecule has 0 aliphatic carbocycles. The van der Waals surface area contributed by atoms with Crippen molar-refractivity contribution in [2.75, 3.05) is 6.54 Å². The van der Waals surface area contributed by atoms with Crippen LogP contribution in [0, 0.1) is 5.92 Å². The molecule has 0 saturated carbocycles. The van der Waals surface area contributed by atoms with Gasteiger partial charge in [0.2, 0.25) is 5.91 Å². The highest BCUT2D eigenvalue weighted by Crippen LogP contribution is 2.17. The molecular formula is C14H21ClN2O. The highest BCUT2D eigenvalue weighted by Gasteiger charge is 2.10. The first kappa shape index (κ1) is 15.0. The molecule has 0 spiro atoms. The zero-order chi connectivity index (χ0) is 13.5. The highest BCUT2D eigenvalue weighted by molar-refractivity contribution is 6.30. The molecule has 2 atom stereocenters. The predicted molar refractivity (Wildman–Crippen MR) is 75.5 cm³/mol. The first-order valence-electron chi connectivity index (χ1n) is 6.27. The molecule has 3 nitrogen and oxygen atoms in total. The Kier molecular flexibility index (Phi) is 6.16. The van der Waals surface area contributed by atoms with Crippen molar-refractivity contribution in [3.63, 3.8) is 0 Å². The SMILES string of the molecule is CC(CN)CCC(=O)N[C@H](C)c1cccc(Cl)c1. The molecule has 4 heteroatoms. The summed E-state index contributed by atoms with van der Waals surface area (Å²) in [6.07, 6.45) is 1.34. The Balaban J connectivity index is 2.44. The largest absolute Gasteiger partial charge is 0.350 e. The van der Waals surface area contributed by atoms with Gasteiger partial charge in [0.15, 0.2) is 0 Å². The van der Waals surface area contributed by atoms with E-state index in [0.29, 0.717) is 23.9 Å². The molecule has 0 bridgehead atoms. The maximum Gasteiger partial charge on any atom is 0.220 e. The summed E-state index contributed by atoms with van der Waals surface area (Å²) in [7, 11) is 0. The molecule has 0 saturated heterocycles. The summed E-state index contributed by atoms with van der Waals surface area (Å²) in [5, 5.41) is 3.65. The van der Waals surface area contributed by atoms with Crippen molar-refractivity contribution < 1.29 is 4.79 Å². The van der Waals surface area contributed by atoms with Crippen LogP contribution in [0.1, 0.15) is 38.3 Å². The lowest BCUT2D eigenvalue weighted by Gasteiger charge is -2.15.